The lowest BCUT2D eigenvalue weighted by Crippen LogP contribution is -2.35. The van der Waals surface area contributed by atoms with Gasteiger partial charge >= 0.3 is 0 Å². The highest BCUT2D eigenvalue weighted by molar-refractivity contribution is 7.12. The van der Waals surface area contributed by atoms with Gasteiger partial charge in [-0.05, 0) is 49.1 Å². The summed E-state index contributed by atoms with van der Waals surface area (Å²) in [5.41, 5.74) is 1.68. The lowest BCUT2D eigenvalue weighted by Gasteiger charge is -2.23. The SMILES string of the molecule is Cc1ncccc1C(=O)c1cccc(N2CCCN(C(=O)c3cccs3)CC2)n1. The summed E-state index contributed by atoms with van der Waals surface area (Å²) in [6.07, 6.45) is 2.54. The van der Waals surface area contributed by atoms with E-state index in [4.69, 9.17) is 0 Å². The summed E-state index contributed by atoms with van der Waals surface area (Å²) in [5, 5.41) is 1.92. The fraction of sp³-hybridized carbons (Fsp3) is 0.273. The number of thiophene rings is 1. The zero-order valence-corrected chi connectivity index (χ0v) is 17.1. The van der Waals surface area contributed by atoms with Crippen molar-refractivity contribution < 1.29 is 9.59 Å². The zero-order chi connectivity index (χ0) is 20.2. The lowest BCUT2D eigenvalue weighted by atomic mass is 10.1. The van der Waals surface area contributed by atoms with Crippen LogP contribution in [-0.4, -0.2) is 52.7 Å². The molecule has 6 nitrogen and oxygen atoms in total. The first-order chi connectivity index (χ1) is 14.1. The number of rotatable bonds is 4. The zero-order valence-electron chi connectivity index (χ0n) is 16.2. The molecule has 1 fully saturated rings. The Kier molecular flexibility index (Phi) is 5.67. The molecule has 3 aromatic heterocycles. The van der Waals surface area contributed by atoms with Gasteiger partial charge in [0.15, 0.2) is 0 Å². The maximum absolute atomic E-state index is 12.9. The molecule has 0 atom stereocenters. The number of ketones is 1. The van der Waals surface area contributed by atoms with Crippen LogP contribution in [0.2, 0.25) is 0 Å². The molecule has 0 saturated carbocycles. The number of aryl methyl sites for hydroxylation is 1. The fourth-order valence-corrected chi connectivity index (χ4v) is 4.18. The lowest BCUT2D eigenvalue weighted by molar-refractivity contribution is 0.0771. The van der Waals surface area contributed by atoms with E-state index >= 15 is 0 Å². The predicted octanol–water partition coefficient (Wildman–Crippen LogP) is 3.43. The third-order valence-corrected chi connectivity index (χ3v) is 5.92. The summed E-state index contributed by atoms with van der Waals surface area (Å²) in [6, 6.07) is 12.8. The molecule has 1 aliphatic heterocycles. The Morgan fingerprint density at radius 2 is 1.90 bits per heavy atom. The third-order valence-electron chi connectivity index (χ3n) is 5.06. The predicted molar refractivity (Wildman–Crippen MR) is 114 cm³/mol. The molecule has 1 aliphatic rings. The summed E-state index contributed by atoms with van der Waals surface area (Å²) >= 11 is 1.47. The molecule has 3 aromatic rings. The van der Waals surface area contributed by atoms with Gasteiger partial charge in [-0.25, -0.2) is 4.98 Å². The molecule has 1 saturated heterocycles. The Balaban J connectivity index is 1.49. The van der Waals surface area contributed by atoms with Gasteiger partial charge in [0.1, 0.15) is 11.5 Å². The van der Waals surface area contributed by atoms with E-state index in [0.29, 0.717) is 30.0 Å². The second-order valence-electron chi connectivity index (χ2n) is 6.96. The van der Waals surface area contributed by atoms with Crippen molar-refractivity contribution in [2.75, 3.05) is 31.1 Å². The first kappa shape index (κ1) is 19.3. The highest BCUT2D eigenvalue weighted by Gasteiger charge is 2.22. The van der Waals surface area contributed by atoms with Crippen molar-refractivity contribution in [3.63, 3.8) is 0 Å². The van der Waals surface area contributed by atoms with Crippen LogP contribution in [0.5, 0.6) is 0 Å². The summed E-state index contributed by atoms with van der Waals surface area (Å²) in [5.74, 6) is 0.732. The topological polar surface area (TPSA) is 66.4 Å². The van der Waals surface area contributed by atoms with Crippen molar-refractivity contribution in [1.82, 2.24) is 14.9 Å². The van der Waals surface area contributed by atoms with Crippen molar-refractivity contribution in [3.8, 4) is 0 Å². The minimum Gasteiger partial charge on any atom is -0.355 e. The largest absolute Gasteiger partial charge is 0.355 e. The summed E-state index contributed by atoms with van der Waals surface area (Å²) in [6.45, 7) is 4.67. The van der Waals surface area contributed by atoms with Gasteiger partial charge in [0.2, 0.25) is 5.78 Å². The molecule has 1 amide bonds. The average molecular weight is 407 g/mol. The maximum atomic E-state index is 12.9. The van der Waals surface area contributed by atoms with Crippen molar-refractivity contribution in [2.24, 2.45) is 0 Å². The molecule has 0 unspecified atom stereocenters. The molecule has 4 rings (SSSR count). The quantitative estimate of drug-likeness (QED) is 0.621. The average Bonchev–Trinajstić information content (AvgIpc) is 3.18. The summed E-state index contributed by atoms with van der Waals surface area (Å²) in [7, 11) is 0. The van der Waals surface area contributed by atoms with Crippen molar-refractivity contribution >= 4 is 28.8 Å². The van der Waals surface area contributed by atoms with E-state index in [0.717, 1.165) is 30.2 Å². The van der Waals surface area contributed by atoms with Crippen LogP contribution in [0.15, 0.2) is 54.0 Å². The van der Waals surface area contributed by atoms with E-state index in [9.17, 15) is 9.59 Å². The van der Waals surface area contributed by atoms with Gasteiger partial charge in [-0.3, -0.25) is 14.6 Å². The Morgan fingerprint density at radius 3 is 2.69 bits per heavy atom. The van der Waals surface area contributed by atoms with Crippen molar-refractivity contribution in [2.45, 2.75) is 13.3 Å². The standard InChI is InChI=1S/C22H22N4O2S/c1-16-17(6-3-10-23-16)21(27)18-7-2-9-20(24-18)25-11-5-12-26(14-13-25)22(28)19-8-4-15-29-19/h2-4,6-10,15H,5,11-14H2,1H3. The number of aromatic nitrogens is 2. The van der Waals surface area contributed by atoms with Gasteiger partial charge in [-0.1, -0.05) is 12.1 Å². The van der Waals surface area contributed by atoms with Crippen LogP contribution in [0, 0.1) is 6.92 Å². The number of amides is 1. The van der Waals surface area contributed by atoms with Crippen LogP contribution >= 0.6 is 11.3 Å². The Labute approximate surface area is 173 Å². The van der Waals surface area contributed by atoms with Crippen LogP contribution in [0.4, 0.5) is 5.82 Å². The summed E-state index contributed by atoms with van der Waals surface area (Å²) in [4.78, 5) is 39.2. The molecule has 0 radical (unpaired) electrons. The van der Waals surface area contributed by atoms with Crippen LogP contribution in [0.1, 0.15) is 37.8 Å². The number of carbonyl (C=O) groups is 2. The van der Waals surface area contributed by atoms with Crippen LogP contribution in [0.3, 0.4) is 0 Å². The number of carbonyl (C=O) groups excluding carboxylic acids is 2. The van der Waals surface area contributed by atoms with Gasteiger partial charge < -0.3 is 9.80 Å². The highest BCUT2D eigenvalue weighted by atomic mass is 32.1. The van der Waals surface area contributed by atoms with Gasteiger partial charge in [0, 0.05) is 43.6 Å². The molecule has 4 heterocycles. The molecular weight excluding hydrogens is 384 g/mol. The maximum Gasteiger partial charge on any atom is 0.263 e. The number of pyridine rings is 2. The number of hydrogen-bond donors (Lipinski definition) is 0. The minimum absolute atomic E-state index is 0.0887. The van der Waals surface area contributed by atoms with Gasteiger partial charge in [0.05, 0.1) is 4.88 Å². The van der Waals surface area contributed by atoms with Gasteiger partial charge in [-0.15, -0.1) is 11.3 Å². The Hall–Kier alpha value is -3.06. The van der Waals surface area contributed by atoms with Crippen molar-refractivity contribution in [3.05, 3.63) is 75.9 Å². The number of nitrogens with zero attached hydrogens (tertiary/aromatic N) is 4. The monoisotopic (exact) mass is 406 g/mol. The molecular formula is C22H22N4O2S. The first-order valence-electron chi connectivity index (χ1n) is 9.64. The van der Waals surface area contributed by atoms with E-state index in [1.54, 1.807) is 24.4 Å². The van der Waals surface area contributed by atoms with Crippen LogP contribution < -0.4 is 4.90 Å². The minimum atomic E-state index is -0.123. The molecule has 0 aromatic carbocycles. The smallest absolute Gasteiger partial charge is 0.263 e. The second kappa shape index (κ2) is 8.53. The Bertz CT molecular complexity index is 1020. The number of anilines is 1. The van der Waals surface area contributed by atoms with E-state index < -0.39 is 0 Å². The highest BCUT2D eigenvalue weighted by Crippen LogP contribution is 2.19. The molecule has 7 heteroatoms. The first-order valence-corrected chi connectivity index (χ1v) is 10.5. The molecule has 0 aliphatic carbocycles. The van der Waals surface area contributed by atoms with E-state index in [2.05, 4.69) is 14.9 Å². The van der Waals surface area contributed by atoms with Gasteiger partial charge in [0.25, 0.3) is 5.91 Å². The molecule has 148 valence electrons. The second-order valence-corrected chi connectivity index (χ2v) is 7.90. The van der Waals surface area contributed by atoms with Crippen molar-refractivity contribution in [1.29, 1.82) is 0 Å². The Morgan fingerprint density at radius 1 is 1.00 bits per heavy atom. The van der Waals surface area contributed by atoms with Crippen LogP contribution in [0.25, 0.3) is 0 Å². The summed E-state index contributed by atoms with van der Waals surface area (Å²) < 4.78 is 0. The van der Waals surface area contributed by atoms with Gasteiger partial charge in [-0.2, -0.15) is 0 Å². The fourth-order valence-electron chi connectivity index (χ4n) is 3.49. The van der Waals surface area contributed by atoms with Crippen LogP contribution in [-0.2, 0) is 0 Å². The molecule has 0 N–H and O–H groups in total. The van der Waals surface area contributed by atoms with E-state index in [1.165, 1.54) is 11.3 Å². The van der Waals surface area contributed by atoms with E-state index in [-0.39, 0.29) is 11.7 Å². The number of hydrogen-bond acceptors (Lipinski definition) is 6. The molecule has 29 heavy (non-hydrogen) atoms. The third kappa shape index (κ3) is 4.19. The molecule has 0 spiro atoms. The van der Waals surface area contributed by atoms with E-state index in [1.807, 2.05) is 41.5 Å². The molecule has 0 bridgehead atoms. The normalized spacial score (nSPS) is 14.5.